The Morgan fingerprint density at radius 1 is 1.17 bits per heavy atom. The first-order valence-electron chi connectivity index (χ1n) is 11.8. The molecule has 0 bridgehead atoms. The number of benzene rings is 1. The Balaban J connectivity index is 1.53. The van der Waals surface area contributed by atoms with Gasteiger partial charge in [0.2, 0.25) is 0 Å². The van der Waals surface area contributed by atoms with Crippen LogP contribution in [-0.4, -0.2) is 51.6 Å². The van der Waals surface area contributed by atoms with Crippen molar-refractivity contribution in [2.24, 2.45) is 0 Å². The van der Waals surface area contributed by atoms with Crippen LogP contribution in [0.25, 0.3) is 10.9 Å². The molecule has 190 valence electrons. The maximum absolute atomic E-state index is 13.2. The summed E-state index contributed by atoms with van der Waals surface area (Å²) >= 11 is 3.47. The van der Waals surface area contributed by atoms with Gasteiger partial charge in [-0.05, 0) is 79.4 Å². The average molecular weight is 558 g/mol. The molecule has 36 heavy (non-hydrogen) atoms. The first-order chi connectivity index (χ1) is 17.1. The highest BCUT2D eigenvalue weighted by Gasteiger charge is 2.28. The van der Waals surface area contributed by atoms with Crippen LogP contribution in [0.3, 0.4) is 0 Å². The molecule has 3 aromatic rings. The SMILES string of the molecule is CC(C)(C)OC(=O)N1CCC(Nc2c(C(=O)NCc3ccc(F)cc3)nc(Br)c3cccnc23)CC1. The molecule has 4 rings (SSSR count). The van der Waals surface area contributed by atoms with Crippen LogP contribution in [0.1, 0.15) is 49.7 Å². The first-order valence-corrected chi connectivity index (χ1v) is 12.6. The van der Waals surface area contributed by atoms with Gasteiger partial charge in [-0.1, -0.05) is 12.1 Å². The molecule has 0 aliphatic carbocycles. The zero-order chi connectivity index (χ0) is 25.9. The predicted molar refractivity (Wildman–Crippen MR) is 139 cm³/mol. The van der Waals surface area contributed by atoms with Gasteiger partial charge in [-0.25, -0.2) is 14.2 Å². The van der Waals surface area contributed by atoms with E-state index < -0.39 is 5.60 Å². The molecule has 0 radical (unpaired) electrons. The summed E-state index contributed by atoms with van der Waals surface area (Å²) in [5.74, 6) is -0.707. The number of likely N-dealkylation sites (tertiary alicyclic amines) is 1. The van der Waals surface area contributed by atoms with Crippen LogP contribution in [0.2, 0.25) is 0 Å². The van der Waals surface area contributed by atoms with Gasteiger partial charge in [-0.2, -0.15) is 0 Å². The quantitative estimate of drug-likeness (QED) is 0.414. The third-order valence-corrected chi connectivity index (χ3v) is 6.39. The predicted octanol–water partition coefficient (Wildman–Crippen LogP) is 5.27. The Hall–Kier alpha value is -3.27. The molecular formula is C26H29BrFN5O3. The summed E-state index contributed by atoms with van der Waals surface area (Å²) in [4.78, 5) is 36.4. The minimum atomic E-state index is -0.546. The fourth-order valence-electron chi connectivity index (χ4n) is 4.00. The second-order valence-electron chi connectivity index (χ2n) is 9.72. The number of anilines is 1. The Labute approximate surface area is 217 Å². The van der Waals surface area contributed by atoms with Gasteiger partial charge in [0.15, 0.2) is 5.69 Å². The van der Waals surface area contributed by atoms with Crippen molar-refractivity contribution in [2.45, 2.75) is 51.8 Å². The van der Waals surface area contributed by atoms with Gasteiger partial charge in [0.25, 0.3) is 5.91 Å². The van der Waals surface area contributed by atoms with Gasteiger partial charge in [0, 0.05) is 37.3 Å². The van der Waals surface area contributed by atoms with Crippen molar-refractivity contribution < 1.29 is 18.7 Å². The van der Waals surface area contributed by atoms with Crippen molar-refractivity contribution in [3.05, 3.63) is 64.3 Å². The lowest BCUT2D eigenvalue weighted by Gasteiger charge is -2.34. The highest BCUT2D eigenvalue weighted by atomic mass is 79.9. The summed E-state index contributed by atoms with van der Waals surface area (Å²) in [5.41, 5.74) is 1.61. The number of rotatable bonds is 5. The van der Waals surface area contributed by atoms with Gasteiger partial charge in [-0.3, -0.25) is 9.78 Å². The summed E-state index contributed by atoms with van der Waals surface area (Å²) in [7, 11) is 0. The molecule has 1 aromatic carbocycles. The Morgan fingerprint density at radius 3 is 2.53 bits per heavy atom. The van der Waals surface area contributed by atoms with Gasteiger partial charge in [-0.15, -0.1) is 0 Å². The summed E-state index contributed by atoms with van der Waals surface area (Å²) in [5, 5.41) is 7.12. The van der Waals surface area contributed by atoms with Crippen LogP contribution in [0.5, 0.6) is 0 Å². The first kappa shape index (κ1) is 25.8. The van der Waals surface area contributed by atoms with E-state index in [4.69, 9.17) is 4.74 Å². The molecule has 8 nitrogen and oxygen atoms in total. The lowest BCUT2D eigenvalue weighted by molar-refractivity contribution is 0.0210. The second-order valence-corrected chi connectivity index (χ2v) is 10.5. The maximum atomic E-state index is 13.2. The molecule has 1 saturated heterocycles. The van der Waals surface area contributed by atoms with Gasteiger partial charge in [0.05, 0.1) is 11.2 Å². The van der Waals surface area contributed by atoms with Crippen LogP contribution in [0, 0.1) is 5.82 Å². The Kier molecular flexibility index (Phi) is 7.73. The largest absolute Gasteiger partial charge is 0.444 e. The number of halogens is 2. The molecule has 1 aliphatic heterocycles. The van der Waals surface area contributed by atoms with E-state index in [0.717, 1.165) is 10.9 Å². The van der Waals surface area contributed by atoms with Crippen LogP contribution >= 0.6 is 15.9 Å². The van der Waals surface area contributed by atoms with E-state index in [2.05, 4.69) is 36.5 Å². The number of carbonyl (C=O) groups excluding carboxylic acids is 2. The number of hydrogen-bond acceptors (Lipinski definition) is 6. The highest BCUT2D eigenvalue weighted by molar-refractivity contribution is 9.10. The molecule has 0 atom stereocenters. The van der Waals surface area contributed by atoms with Crippen molar-refractivity contribution in [2.75, 3.05) is 18.4 Å². The summed E-state index contributed by atoms with van der Waals surface area (Å²) in [6.07, 6.45) is 2.71. The van der Waals surface area contributed by atoms with E-state index in [9.17, 15) is 14.0 Å². The summed E-state index contributed by atoms with van der Waals surface area (Å²) in [6, 6.07) is 9.67. The number of piperidine rings is 1. The highest BCUT2D eigenvalue weighted by Crippen LogP contribution is 2.31. The second kappa shape index (κ2) is 10.8. The number of carbonyl (C=O) groups is 2. The standard InChI is InChI=1S/C26H29BrFN5O3/c1-26(2,3)36-25(35)33-13-10-18(11-14-33)31-21-20-19(5-4-12-29-20)23(27)32-22(21)24(34)30-15-16-6-8-17(28)9-7-16/h4-9,12,18,31H,10-11,13-15H2,1-3H3,(H,30,34). The minimum absolute atomic E-state index is 0.0144. The number of nitrogens with zero attached hydrogens (tertiary/aromatic N) is 3. The maximum Gasteiger partial charge on any atom is 0.410 e. The zero-order valence-electron chi connectivity index (χ0n) is 20.5. The van der Waals surface area contributed by atoms with Crippen molar-refractivity contribution in [3.8, 4) is 0 Å². The minimum Gasteiger partial charge on any atom is -0.444 e. The number of fused-ring (bicyclic) bond motifs is 1. The van der Waals surface area contributed by atoms with Crippen LogP contribution in [0.15, 0.2) is 47.2 Å². The van der Waals surface area contributed by atoms with Crippen molar-refractivity contribution >= 4 is 44.5 Å². The monoisotopic (exact) mass is 557 g/mol. The van der Waals surface area contributed by atoms with Gasteiger partial charge < -0.3 is 20.3 Å². The molecule has 3 heterocycles. The van der Waals surface area contributed by atoms with E-state index in [1.165, 1.54) is 12.1 Å². The average Bonchev–Trinajstić information content (AvgIpc) is 2.84. The van der Waals surface area contributed by atoms with Crippen LogP contribution in [-0.2, 0) is 11.3 Å². The number of nitrogens with one attached hydrogen (secondary N) is 2. The number of aromatic nitrogens is 2. The Morgan fingerprint density at radius 2 is 1.86 bits per heavy atom. The third-order valence-electron chi connectivity index (χ3n) is 5.79. The fraction of sp³-hybridized carbons (Fsp3) is 0.385. The Bertz CT molecular complexity index is 1250. The molecular weight excluding hydrogens is 529 g/mol. The van der Waals surface area contributed by atoms with Crippen LogP contribution < -0.4 is 10.6 Å². The summed E-state index contributed by atoms with van der Waals surface area (Å²) < 4.78 is 19.2. The van der Waals surface area contributed by atoms with E-state index >= 15 is 0 Å². The summed E-state index contributed by atoms with van der Waals surface area (Å²) in [6.45, 7) is 6.84. The van der Waals surface area contributed by atoms with Crippen LogP contribution in [0.4, 0.5) is 14.9 Å². The molecule has 0 spiro atoms. The van der Waals surface area contributed by atoms with E-state index in [0.29, 0.717) is 41.7 Å². The van der Waals surface area contributed by atoms with Crippen molar-refractivity contribution in [1.29, 1.82) is 0 Å². The molecule has 1 aliphatic rings. The third kappa shape index (κ3) is 6.29. The normalized spacial score (nSPS) is 14.5. The number of amides is 2. The lowest BCUT2D eigenvalue weighted by atomic mass is 10.0. The topological polar surface area (TPSA) is 96.5 Å². The van der Waals surface area contributed by atoms with E-state index in [-0.39, 0.29) is 36.1 Å². The fourth-order valence-corrected chi connectivity index (χ4v) is 4.50. The van der Waals surface area contributed by atoms with Gasteiger partial charge in [0.1, 0.15) is 16.0 Å². The smallest absolute Gasteiger partial charge is 0.410 e. The van der Waals surface area contributed by atoms with Crippen molar-refractivity contribution in [1.82, 2.24) is 20.2 Å². The number of hydrogen-bond donors (Lipinski definition) is 2. The zero-order valence-corrected chi connectivity index (χ0v) is 22.1. The van der Waals surface area contributed by atoms with Gasteiger partial charge >= 0.3 is 6.09 Å². The molecule has 0 saturated carbocycles. The molecule has 10 heteroatoms. The van der Waals surface area contributed by atoms with E-state index in [1.54, 1.807) is 23.2 Å². The number of pyridine rings is 2. The molecule has 2 N–H and O–H groups in total. The van der Waals surface area contributed by atoms with Crippen molar-refractivity contribution in [3.63, 3.8) is 0 Å². The molecule has 2 amide bonds. The molecule has 2 aromatic heterocycles. The molecule has 0 unspecified atom stereocenters. The lowest BCUT2D eigenvalue weighted by Crippen LogP contribution is -2.44. The van der Waals surface area contributed by atoms with E-state index in [1.807, 2.05) is 32.9 Å². The number of ether oxygens (including phenoxy) is 1. The molecule has 1 fully saturated rings.